The van der Waals surface area contributed by atoms with Crippen molar-refractivity contribution >= 4 is 5.91 Å². The Bertz CT molecular complexity index is 779. The van der Waals surface area contributed by atoms with E-state index in [1.54, 1.807) is 6.07 Å². The van der Waals surface area contributed by atoms with Crippen LogP contribution in [-0.4, -0.2) is 42.4 Å². The summed E-state index contributed by atoms with van der Waals surface area (Å²) in [5.74, 6) is -0.201. The molecule has 138 valence electrons. The van der Waals surface area contributed by atoms with E-state index in [4.69, 9.17) is 0 Å². The number of hydrogen-bond donors (Lipinski definition) is 0. The molecule has 26 heavy (non-hydrogen) atoms. The van der Waals surface area contributed by atoms with Gasteiger partial charge in [0.25, 0.3) is 5.91 Å². The van der Waals surface area contributed by atoms with Crippen molar-refractivity contribution in [2.24, 2.45) is 0 Å². The Hall–Kier alpha value is -2.20. The summed E-state index contributed by atoms with van der Waals surface area (Å²) in [6.45, 7) is 8.35. The Balaban J connectivity index is 1.79. The Morgan fingerprint density at radius 3 is 2.31 bits per heavy atom. The van der Waals surface area contributed by atoms with Gasteiger partial charge in [-0.05, 0) is 36.2 Å². The van der Waals surface area contributed by atoms with Crippen LogP contribution < -0.4 is 0 Å². The van der Waals surface area contributed by atoms with E-state index < -0.39 is 0 Å². The minimum absolute atomic E-state index is 0.0138. The number of rotatable bonds is 2. The fraction of sp³-hybridized carbons (Fsp3) is 0.409. The highest BCUT2D eigenvalue weighted by atomic mass is 19.1. The van der Waals surface area contributed by atoms with E-state index in [1.807, 2.05) is 48.3 Å². The van der Waals surface area contributed by atoms with Crippen LogP contribution in [0.5, 0.6) is 0 Å². The summed E-state index contributed by atoms with van der Waals surface area (Å²) in [5, 5.41) is 0. The number of likely N-dealkylation sites (N-methyl/N-ethyl adjacent to an activating group) is 1. The molecule has 1 heterocycles. The topological polar surface area (TPSA) is 23.6 Å². The van der Waals surface area contributed by atoms with E-state index in [9.17, 15) is 9.18 Å². The molecule has 0 N–H and O–H groups in total. The summed E-state index contributed by atoms with van der Waals surface area (Å²) in [5.41, 5.74) is 2.60. The maximum Gasteiger partial charge on any atom is 0.253 e. The van der Waals surface area contributed by atoms with Crippen molar-refractivity contribution < 1.29 is 9.18 Å². The number of piperazine rings is 1. The zero-order valence-electron chi connectivity index (χ0n) is 16.0. The second kappa shape index (κ2) is 7.20. The minimum atomic E-state index is -0.215. The van der Waals surface area contributed by atoms with Crippen LogP contribution >= 0.6 is 0 Å². The summed E-state index contributed by atoms with van der Waals surface area (Å²) in [6, 6.07) is 14.6. The van der Waals surface area contributed by atoms with Gasteiger partial charge in [0, 0.05) is 30.8 Å². The lowest BCUT2D eigenvalue weighted by molar-refractivity contribution is 0.0540. The first-order valence-electron chi connectivity index (χ1n) is 9.12. The number of benzene rings is 2. The van der Waals surface area contributed by atoms with Crippen LogP contribution in [0.1, 0.15) is 48.3 Å². The Morgan fingerprint density at radius 2 is 1.69 bits per heavy atom. The summed E-state index contributed by atoms with van der Waals surface area (Å²) in [6.07, 6.45) is 0. The molecule has 1 saturated heterocycles. The van der Waals surface area contributed by atoms with Gasteiger partial charge in [-0.15, -0.1) is 0 Å². The summed E-state index contributed by atoms with van der Waals surface area (Å²) in [7, 11) is 1.98. The summed E-state index contributed by atoms with van der Waals surface area (Å²) >= 11 is 0. The van der Waals surface area contributed by atoms with Gasteiger partial charge in [0.05, 0.1) is 6.04 Å². The van der Waals surface area contributed by atoms with Crippen molar-refractivity contribution in [2.45, 2.75) is 32.2 Å². The Morgan fingerprint density at radius 1 is 1.04 bits per heavy atom. The first-order chi connectivity index (χ1) is 12.3. The van der Waals surface area contributed by atoms with Gasteiger partial charge in [-0.3, -0.25) is 9.69 Å². The second-order valence-electron chi connectivity index (χ2n) is 8.10. The van der Waals surface area contributed by atoms with Gasteiger partial charge in [-0.1, -0.05) is 51.1 Å². The van der Waals surface area contributed by atoms with Crippen molar-refractivity contribution in [3.63, 3.8) is 0 Å². The van der Waals surface area contributed by atoms with Gasteiger partial charge in [-0.25, -0.2) is 4.39 Å². The number of nitrogens with zero attached hydrogens (tertiary/aromatic N) is 2. The van der Waals surface area contributed by atoms with Gasteiger partial charge in [-0.2, -0.15) is 0 Å². The first kappa shape index (κ1) is 18.6. The summed E-state index contributed by atoms with van der Waals surface area (Å²) < 4.78 is 14.2. The highest BCUT2D eigenvalue weighted by molar-refractivity contribution is 5.94. The summed E-state index contributed by atoms with van der Waals surface area (Å²) in [4.78, 5) is 16.9. The van der Waals surface area contributed by atoms with Crippen LogP contribution in [0.15, 0.2) is 48.5 Å². The SMILES string of the molecule is CN1CCN(C(=O)c2ccc(C(C)(C)C)cc2)CC1c1ccccc1F. The molecule has 2 aromatic rings. The molecule has 2 aromatic carbocycles. The molecule has 1 fully saturated rings. The number of hydrogen-bond acceptors (Lipinski definition) is 2. The Labute approximate surface area is 155 Å². The molecule has 1 unspecified atom stereocenters. The van der Waals surface area contributed by atoms with Gasteiger partial charge >= 0.3 is 0 Å². The van der Waals surface area contributed by atoms with E-state index in [1.165, 1.54) is 11.6 Å². The molecule has 3 rings (SSSR count). The van der Waals surface area contributed by atoms with E-state index in [0.717, 1.165) is 6.54 Å². The van der Waals surface area contributed by atoms with Crippen molar-refractivity contribution in [3.8, 4) is 0 Å². The van der Waals surface area contributed by atoms with Crippen LogP contribution in [0.25, 0.3) is 0 Å². The van der Waals surface area contributed by atoms with Crippen molar-refractivity contribution in [2.75, 3.05) is 26.7 Å². The predicted molar refractivity (Wildman–Crippen MR) is 103 cm³/mol. The fourth-order valence-corrected chi connectivity index (χ4v) is 3.43. The quantitative estimate of drug-likeness (QED) is 0.805. The number of carbonyl (C=O) groups is 1. The standard InChI is InChI=1S/C22H27FN2O/c1-22(2,3)17-11-9-16(10-12-17)21(26)25-14-13-24(4)20(15-25)18-7-5-6-8-19(18)23/h5-12,20H,13-15H2,1-4H3. The monoisotopic (exact) mass is 354 g/mol. The van der Waals surface area contributed by atoms with Crippen molar-refractivity contribution in [1.29, 1.82) is 0 Å². The molecule has 0 radical (unpaired) electrons. The molecular formula is C22H27FN2O. The third-order valence-corrected chi connectivity index (χ3v) is 5.20. The van der Waals surface area contributed by atoms with Crippen LogP contribution in [0.4, 0.5) is 4.39 Å². The van der Waals surface area contributed by atoms with Crippen LogP contribution in [0, 0.1) is 5.82 Å². The average Bonchev–Trinajstić information content (AvgIpc) is 2.62. The fourth-order valence-electron chi connectivity index (χ4n) is 3.43. The van der Waals surface area contributed by atoms with E-state index in [2.05, 4.69) is 25.7 Å². The van der Waals surface area contributed by atoms with Crippen LogP contribution in [0.2, 0.25) is 0 Å². The van der Waals surface area contributed by atoms with Gasteiger partial charge < -0.3 is 4.90 Å². The molecule has 0 aromatic heterocycles. The number of amides is 1. The van der Waals surface area contributed by atoms with Crippen molar-refractivity contribution in [3.05, 3.63) is 71.0 Å². The highest BCUT2D eigenvalue weighted by Crippen LogP contribution is 2.27. The zero-order chi connectivity index (χ0) is 18.9. The third kappa shape index (κ3) is 3.80. The predicted octanol–water partition coefficient (Wildman–Crippen LogP) is 4.25. The van der Waals surface area contributed by atoms with Gasteiger partial charge in [0.2, 0.25) is 0 Å². The smallest absolute Gasteiger partial charge is 0.253 e. The van der Waals surface area contributed by atoms with E-state index in [-0.39, 0.29) is 23.2 Å². The van der Waals surface area contributed by atoms with Crippen LogP contribution in [-0.2, 0) is 5.41 Å². The maximum atomic E-state index is 14.2. The zero-order valence-corrected chi connectivity index (χ0v) is 16.0. The lowest BCUT2D eigenvalue weighted by atomic mass is 9.86. The molecular weight excluding hydrogens is 327 g/mol. The third-order valence-electron chi connectivity index (χ3n) is 5.20. The molecule has 0 spiro atoms. The molecule has 3 nitrogen and oxygen atoms in total. The highest BCUT2D eigenvalue weighted by Gasteiger charge is 2.30. The molecule has 0 bridgehead atoms. The lowest BCUT2D eigenvalue weighted by Gasteiger charge is -2.39. The molecule has 1 aliphatic heterocycles. The van der Waals surface area contributed by atoms with Gasteiger partial charge in [0.15, 0.2) is 0 Å². The average molecular weight is 354 g/mol. The van der Waals surface area contributed by atoms with Gasteiger partial charge in [0.1, 0.15) is 5.82 Å². The largest absolute Gasteiger partial charge is 0.335 e. The molecule has 1 amide bonds. The molecule has 4 heteroatoms. The second-order valence-corrected chi connectivity index (χ2v) is 8.10. The lowest BCUT2D eigenvalue weighted by Crippen LogP contribution is -2.49. The van der Waals surface area contributed by atoms with E-state index in [0.29, 0.717) is 24.2 Å². The molecule has 1 atom stereocenters. The number of halogens is 1. The minimum Gasteiger partial charge on any atom is -0.335 e. The van der Waals surface area contributed by atoms with Crippen molar-refractivity contribution in [1.82, 2.24) is 9.80 Å². The Kier molecular flexibility index (Phi) is 5.15. The number of carbonyl (C=O) groups excluding carboxylic acids is 1. The molecule has 1 aliphatic rings. The normalized spacial score (nSPS) is 18.8. The molecule has 0 saturated carbocycles. The maximum absolute atomic E-state index is 14.2. The van der Waals surface area contributed by atoms with Crippen LogP contribution in [0.3, 0.4) is 0 Å². The first-order valence-corrected chi connectivity index (χ1v) is 9.12. The van der Waals surface area contributed by atoms with E-state index >= 15 is 0 Å². The molecule has 0 aliphatic carbocycles.